The molecule has 0 aliphatic carbocycles. The Hall–Kier alpha value is -4.42. The number of likely N-dealkylation sites (N-methyl/N-ethyl adjacent to an activating group) is 1. The lowest BCUT2D eigenvalue weighted by Crippen LogP contribution is -2.48. The van der Waals surface area contributed by atoms with Crippen molar-refractivity contribution < 1.29 is 19.1 Å². The molecule has 4 aliphatic rings. The number of carbonyl (C=O) groups excluding carboxylic acids is 3. The summed E-state index contributed by atoms with van der Waals surface area (Å²) in [5.41, 5.74) is 4.28. The molecule has 276 valence electrons. The van der Waals surface area contributed by atoms with E-state index >= 15 is 0 Å². The first kappa shape index (κ1) is 36.0. The molecular weight excluding hydrogens is 682 g/mol. The molecule has 0 bridgehead atoms. The summed E-state index contributed by atoms with van der Waals surface area (Å²) in [5, 5.41) is 10.2. The summed E-state index contributed by atoms with van der Waals surface area (Å²) in [7, 11) is 5.30. The molecule has 4 aliphatic heterocycles. The van der Waals surface area contributed by atoms with Gasteiger partial charge in [-0.2, -0.15) is 5.10 Å². The van der Waals surface area contributed by atoms with E-state index in [1.165, 1.54) is 10.2 Å². The van der Waals surface area contributed by atoms with Gasteiger partial charge in [0.1, 0.15) is 10.8 Å². The fraction of sp³-hybridized carbons (Fsp3) is 0.513. The van der Waals surface area contributed by atoms with Crippen LogP contribution in [0.2, 0.25) is 5.02 Å². The van der Waals surface area contributed by atoms with Crippen molar-refractivity contribution in [3.05, 3.63) is 80.7 Å². The van der Waals surface area contributed by atoms with Crippen molar-refractivity contribution >= 4 is 40.7 Å². The molecule has 3 aromatic rings. The smallest absolute Gasteiger partial charge is 0.287 e. The van der Waals surface area contributed by atoms with Crippen molar-refractivity contribution in [3.63, 3.8) is 0 Å². The summed E-state index contributed by atoms with van der Waals surface area (Å²) in [5.74, 6) is 0.174. The molecule has 7 rings (SSSR count). The standard InChI is InChI=1S/C39H48ClN7O5/c1-44-23-27(20-28(24-44)42-32-22-41-45(2)38(51)35(32)40)25-4-6-26(7-5-25)37(50)47-18-14-39(15-19-47)12-16-46(17-13-39)29-8-9-30(33(21-29)52-3)31-10-11-34(48)43-36(31)49/h4-9,21-22,27-28,31,42H,10-20,23-24H2,1-3H3,(H,43,48,49)/t27-,28+,31?/m0/s1. The van der Waals surface area contributed by atoms with Gasteiger partial charge in [0.15, 0.2) is 0 Å². The van der Waals surface area contributed by atoms with Crippen LogP contribution in [-0.2, 0) is 16.6 Å². The van der Waals surface area contributed by atoms with Crippen molar-refractivity contribution in [3.8, 4) is 5.75 Å². The van der Waals surface area contributed by atoms with Gasteiger partial charge in [-0.15, -0.1) is 0 Å². The number of hydrogen-bond acceptors (Lipinski definition) is 9. The summed E-state index contributed by atoms with van der Waals surface area (Å²) in [6, 6.07) is 14.3. The highest BCUT2D eigenvalue weighted by Crippen LogP contribution is 2.43. The average Bonchev–Trinajstić information content (AvgIpc) is 3.15. The molecule has 5 heterocycles. The Morgan fingerprint density at radius 2 is 1.69 bits per heavy atom. The number of nitrogens with one attached hydrogen (secondary N) is 2. The third kappa shape index (κ3) is 7.41. The minimum atomic E-state index is -0.384. The Labute approximate surface area is 309 Å². The Morgan fingerprint density at radius 1 is 0.981 bits per heavy atom. The first-order valence-corrected chi connectivity index (χ1v) is 18.7. The van der Waals surface area contributed by atoms with Crippen LogP contribution in [0.25, 0.3) is 0 Å². The highest BCUT2D eigenvalue weighted by atomic mass is 35.5. The number of piperidine rings is 4. The number of ether oxygens (including phenoxy) is 1. The zero-order valence-corrected chi connectivity index (χ0v) is 31.0. The topological polar surface area (TPSA) is 129 Å². The van der Waals surface area contributed by atoms with E-state index in [0.717, 1.165) is 88.2 Å². The minimum Gasteiger partial charge on any atom is -0.496 e. The predicted octanol–water partition coefficient (Wildman–Crippen LogP) is 4.39. The van der Waals surface area contributed by atoms with Crippen LogP contribution in [0.4, 0.5) is 11.4 Å². The largest absolute Gasteiger partial charge is 0.496 e. The van der Waals surface area contributed by atoms with Gasteiger partial charge in [0.2, 0.25) is 11.8 Å². The van der Waals surface area contributed by atoms with E-state index in [9.17, 15) is 19.2 Å². The molecule has 1 spiro atoms. The molecule has 0 radical (unpaired) electrons. The molecule has 3 atom stereocenters. The maximum absolute atomic E-state index is 13.6. The third-order valence-corrected chi connectivity index (χ3v) is 12.2. The van der Waals surface area contributed by atoms with Gasteiger partial charge in [0.05, 0.1) is 24.9 Å². The van der Waals surface area contributed by atoms with Crippen molar-refractivity contribution in [2.75, 3.05) is 63.6 Å². The maximum atomic E-state index is 13.6. The lowest BCUT2D eigenvalue weighted by molar-refractivity contribution is -0.134. The molecule has 0 saturated carbocycles. The summed E-state index contributed by atoms with van der Waals surface area (Å²) in [6.07, 6.45) is 7.42. The second-order valence-corrected chi connectivity index (χ2v) is 15.5. The Bertz CT molecular complexity index is 1880. The maximum Gasteiger partial charge on any atom is 0.287 e. The molecule has 4 fully saturated rings. The number of nitrogens with zero attached hydrogens (tertiary/aromatic N) is 5. The van der Waals surface area contributed by atoms with Gasteiger partial charge in [-0.3, -0.25) is 24.5 Å². The number of methoxy groups -OCH3 is 1. The summed E-state index contributed by atoms with van der Waals surface area (Å²) in [6.45, 7) is 5.10. The third-order valence-electron chi connectivity index (χ3n) is 11.8. The number of rotatable bonds is 7. The van der Waals surface area contributed by atoms with Crippen LogP contribution in [-0.4, -0.2) is 96.8 Å². The molecule has 3 amide bonds. The van der Waals surface area contributed by atoms with E-state index in [4.69, 9.17) is 16.3 Å². The molecule has 13 heteroatoms. The first-order valence-electron chi connectivity index (χ1n) is 18.4. The number of carbonyl (C=O) groups is 3. The molecule has 2 N–H and O–H groups in total. The zero-order chi connectivity index (χ0) is 36.6. The van der Waals surface area contributed by atoms with E-state index < -0.39 is 0 Å². The number of aryl methyl sites for hydroxylation is 1. The average molecular weight is 730 g/mol. The summed E-state index contributed by atoms with van der Waals surface area (Å²) < 4.78 is 6.94. The second-order valence-electron chi connectivity index (χ2n) is 15.1. The van der Waals surface area contributed by atoms with E-state index in [1.54, 1.807) is 20.4 Å². The normalized spacial score (nSPS) is 23.7. The van der Waals surface area contributed by atoms with Crippen LogP contribution in [0.15, 0.2) is 53.5 Å². The Kier molecular flexibility index (Phi) is 10.3. The predicted molar refractivity (Wildman–Crippen MR) is 200 cm³/mol. The van der Waals surface area contributed by atoms with Crippen molar-refractivity contribution in [2.24, 2.45) is 12.5 Å². The SMILES string of the molecule is COc1cc(N2CCC3(CCN(C(=O)c4ccc([C@H]5C[C@@H](Nc6cnn(C)c(=O)c6Cl)CN(C)C5)cc4)CC3)CC2)ccc1C1CCC(=O)NC1=O. The number of imide groups is 1. The van der Waals surface area contributed by atoms with Crippen LogP contribution >= 0.6 is 11.6 Å². The molecular formula is C39H48ClN7O5. The molecule has 52 heavy (non-hydrogen) atoms. The van der Waals surface area contributed by atoms with Gasteiger partial charge in [-0.05, 0) is 80.7 Å². The van der Waals surface area contributed by atoms with Gasteiger partial charge in [0, 0.05) is 81.7 Å². The van der Waals surface area contributed by atoms with E-state index in [1.807, 2.05) is 29.2 Å². The first-order chi connectivity index (χ1) is 25.0. The minimum absolute atomic E-state index is 0.0927. The fourth-order valence-electron chi connectivity index (χ4n) is 8.68. The number of benzene rings is 2. The monoisotopic (exact) mass is 729 g/mol. The van der Waals surface area contributed by atoms with Crippen molar-refractivity contribution in [1.82, 2.24) is 24.9 Å². The van der Waals surface area contributed by atoms with E-state index in [0.29, 0.717) is 24.3 Å². The molecule has 12 nitrogen and oxygen atoms in total. The zero-order valence-electron chi connectivity index (χ0n) is 30.2. The lowest BCUT2D eigenvalue weighted by Gasteiger charge is -2.47. The number of halogens is 1. The molecule has 4 saturated heterocycles. The van der Waals surface area contributed by atoms with Crippen LogP contribution < -0.4 is 25.8 Å². The number of amides is 3. The number of anilines is 2. The van der Waals surface area contributed by atoms with Gasteiger partial charge < -0.3 is 24.8 Å². The quantitative estimate of drug-likeness (QED) is 0.341. The number of hydrogen-bond donors (Lipinski definition) is 2. The van der Waals surface area contributed by atoms with Gasteiger partial charge in [0.25, 0.3) is 11.5 Å². The van der Waals surface area contributed by atoms with Gasteiger partial charge in [-0.1, -0.05) is 29.8 Å². The second kappa shape index (κ2) is 14.9. The van der Waals surface area contributed by atoms with Crippen LogP contribution in [0.5, 0.6) is 5.75 Å². The van der Waals surface area contributed by atoms with Crippen LogP contribution in [0, 0.1) is 5.41 Å². The van der Waals surface area contributed by atoms with Gasteiger partial charge in [-0.25, -0.2) is 4.68 Å². The van der Waals surface area contributed by atoms with Crippen molar-refractivity contribution in [2.45, 2.75) is 62.8 Å². The lowest BCUT2D eigenvalue weighted by atomic mass is 9.71. The highest BCUT2D eigenvalue weighted by molar-refractivity contribution is 6.32. The number of aromatic nitrogens is 2. The summed E-state index contributed by atoms with van der Waals surface area (Å²) >= 11 is 6.32. The van der Waals surface area contributed by atoms with Crippen molar-refractivity contribution in [1.29, 1.82) is 0 Å². The summed E-state index contributed by atoms with van der Waals surface area (Å²) in [4.78, 5) is 56.7. The van der Waals surface area contributed by atoms with Gasteiger partial charge >= 0.3 is 0 Å². The number of likely N-dealkylation sites (tertiary alicyclic amines) is 2. The van der Waals surface area contributed by atoms with E-state index in [-0.39, 0.29) is 51.6 Å². The van der Waals surface area contributed by atoms with E-state index in [2.05, 4.69) is 50.8 Å². The molecule has 1 unspecified atom stereocenters. The molecule has 1 aromatic heterocycles. The fourth-order valence-corrected chi connectivity index (χ4v) is 8.90. The Balaban J connectivity index is 0.918. The van der Waals surface area contributed by atoms with Crippen LogP contribution in [0.3, 0.4) is 0 Å². The molecule has 2 aromatic carbocycles. The van der Waals surface area contributed by atoms with Crippen LogP contribution in [0.1, 0.15) is 78.3 Å². The Morgan fingerprint density at radius 3 is 2.38 bits per heavy atom. The highest BCUT2D eigenvalue weighted by Gasteiger charge is 2.39.